The van der Waals surface area contributed by atoms with E-state index >= 15 is 0 Å². The van der Waals surface area contributed by atoms with E-state index in [-0.39, 0.29) is 34.6 Å². The third-order valence-corrected chi connectivity index (χ3v) is 7.29. The zero-order valence-corrected chi connectivity index (χ0v) is 14.1. The Morgan fingerprint density at radius 2 is 2.14 bits per heavy atom. The van der Waals surface area contributed by atoms with Crippen LogP contribution >= 0.6 is 11.8 Å². The van der Waals surface area contributed by atoms with Gasteiger partial charge in [0.15, 0.2) is 15.0 Å². The number of thioether (sulfide) groups is 1. The van der Waals surface area contributed by atoms with E-state index in [4.69, 9.17) is 0 Å². The van der Waals surface area contributed by atoms with Crippen molar-refractivity contribution in [2.45, 2.75) is 38.0 Å². The van der Waals surface area contributed by atoms with Crippen LogP contribution < -0.4 is 0 Å². The molecule has 7 heteroatoms. The lowest BCUT2D eigenvalue weighted by Crippen LogP contribution is -2.37. The molecular formula is C14H22N2O3S2. The first-order valence-electron chi connectivity index (χ1n) is 7.29. The molecule has 1 amide bonds. The predicted octanol–water partition coefficient (Wildman–Crippen LogP) is 1.71. The number of hydrogen-bond donors (Lipinski definition) is 0. The van der Waals surface area contributed by atoms with Gasteiger partial charge in [0, 0.05) is 17.7 Å². The summed E-state index contributed by atoms with van der Waals surface area (Å²) in [7, 11) is -2.97. The van der Waals surface area contributed by atoms with Crippen molar-refractivity contribution in [3.8, 4) is 0 Å². The highest BCUT2D eigenvalue weighted by atomic mass is 32.2. The molecule has 118 valence electrons. The Hall–Kier alpha value is -0.820. The Morgan fingerprint density at radius 3 is 2.71 bits per heavy atom. The fraction of sp³-hybridized carbons (Fsp3) is 0.714. The lowest BCUT2D eigenvalue weighted by Gasteiger charge is -2.22. The maximum atomic E-state index is 12.2. The number of hydrogen-bond acceptors (Lipinski definition) is 4. The number of amides is 1. The molecule has 0 aliphatic carbocycles. The molecule has 0 unspecified atom stereocenters. The molecule has 2 atom stereocenters. The Kier molecular flexibility index (Phi) is 5.14. The van der Waals surface area contributed by atoms with Gasteiger partial charge in [0.1, 0.15) is 0 Å². The average Bonchev–Trinajstić information content (AvgIpc) is 2.85. The third kappa shape index (κ3) is 3.51. The van der Waals surface area contributed by atoms with Crippen molar-refractivity contribution in [1.29, 1.82) is 0 Å². The topological polar surface area (TPSA) is 66.8 Å². The van der Waals surface area contributed by atoms with Crippen molar-refractivity contribution in [2.75, 3.05) is 18.1 Å². The van der Waals surface area contributed by atoms with Gasteiger partial charge < -0.3 is 4.90 Å². The van der Waals surface area contributed by atoms with Gasteiger partial charge in [0.2, 0.25) is 0 Å². The molecule has 2 aliphatic rings. The van der Waals surface area contributed by atoms with E-state index in [9.17, 15) is 13.2 Å². The standard InChI is InChI=1S/C14H22N2O3S2/c1-4-7-16-11-8-21(18,19)9-12(11)20-14(16)15-13(17)10(5-2)6-3/h4,10-12H,1,5-9H2,2-3H3/t11-,12-/m0/s1. The van der Waals surface area contributed by atoms with Crippen molar-refractivity contribution in [1.82, 2.24) is 4.90 Å². The molecule has 5 nitrogen and oxygen atoms in total. The van der Waals surface area contributed by atoms with E-state index in [1.54, 1.807) is 6.08 Å². The first-order valence-corrected chi connectivity index (χ1v) is 9.99. The van der Waals surface area contributed by atoms with Crippen LogP contribution in [0.25, 0.3) is 0 Å². The van der Waals surface area contributed by atoms with E-state index in [2.05, 4.69) is 11.6 Å². The minimum Gasteiger partial charge on any atom is -0.342 e. The molecule has 2 fully saturated rings. The molecule has 2 heterocycles. The summed E-state index contributed by atoms with van der Waals surface area (Å²) in [6.45, 7) is 8.21. The molecule has 2 aliphatic heterocycles. The Morgan fingerprint density at radius 1 is 1.48 bits per heavy atom. The Labute approximate surface area is 130 Å². The van der Waals surface area contributed by atoms with E-state index < -0.39 is 9.84 Å². The Balaban J connectivity index is 2.21. The van der Waals surface area contributed by atoms with Gasteiger partial charge in [0.05, 0.1) is 17.5 Å². The van der Waals surface area contributed by atoms with E-state index in [0.29, 0.717) is 11.7 Å². The van der Waals surface area contributed by atoms with Crippen molar-refractivity contribution < 1.29 is 13.2 Å². The van der Waals surface area contributed by atoms with Crippen LogP contribution in [0.5, 0.6) is 0 Å². The number of nitrogens with zero attached hydrogens (tertiary/aromatic N) is 2. The normalized spacial score (nSPS) is 29.1. The minimum atomic E-state index is -2.97. The first-order chi connectivity index (χ1) is 9.91. The number of aliphatic imine (C=N–C) groups is 1. The quantitative estimate of drug-likeness (QED) is 0.718. The number of rotatable bonds is 5. The summed E-state index contributed by atoms with van der Waals surface area (Å²) in [5.41, 5.74) is 0. The van der Waals surface area contributed by atoms with Crippen molar-refractivity contribution in [3.05, 3.63) is 12.7 Å². The molecule has 2 saturated heterocycles. The molecule has 0 N–H and O–H groups in total. The van der Waals surface area contributed by atoms with E-state index in [1.807, 2.05) is 18.7 Å². The largest absolute Gasteiger partial charge is 0.342 e. The number of carbonyl (C=O) groups excluding carboxylic acids is 1. The molecule has 2 rings (SSSR count). The van der Waals surface area contributed by atoms with Crippen LogP contribution in [0.2, 0.25) is 0 Å². The van der Waals surface area contributed by atoms with Crippen molar-refractivity contribution >= 4 is 32.7 Å². The summed E-state index contributed by atoms with van der Waals surface area (Å²) >= 11 is 1.43. The highest BCUT2D eigenvalue weighted by Crippen LogP contribution is 2.38. The van der Waals surface area contributed by atoms with Crippen molar-refractivity contribution in [3.63, 3.8) is 0 Å². The molecule has 0 saturated carbocycles. The van der Waals surface area contributed by atoms with Crippen LogP contribution in [0.4, 0.5) is 0 Å². The number of carbonyl (C=O) groups is 1. The first kappa shape index (κ1) is 16.5. The summed E-state index contributed by atoms with van der Waals surface area (Å²) in [4.78, 5) is 18.4. The molecule has 0 bridgehead atoms. The number of sulfone groups is 1. The summed E-state index contributed by atoms with van der Waals surface area (Å²) in [5.74, 6) is 0.178. The second-order valence-corrected chi connectivity index (χ2v) is 8.85. The lowest BCUT2D eigenvalue weighted by molar-refractivity contribution is -0.121. The SMILES string of the molecule is C=CCN1C(=NC(=O)C(CC)CC)S[C@H]2CS(=O)(=O)C[C@@H]21. The molecular weight excluding hydrogens is 308 g/mol. The molecule has 0 spiro atoms. The molecule has 21 heavy (non-hydrogen) atoms. The third-order valence-electron chi connectivity index (χ3n) is 4.04. The fourth-order valence-electron chi connectivity index (χ4n) is 2.81. The molecule has 0 aromatic rings. The zero-order chi connectivity index (χ0) is 15.6. The summed E-state index contributed by atoms with van der Waals surface area (Å²) in [5, 5.41) is 0.653. The van der Waals surface area contributed by atoms with Gasteiger partial charge in [0.25, 0.3) is 5.91 Å². The maximum absolute atomic E-state index is 12.2. The van der Waals surface area contributed by atoms with Crippen LogP contribution in [0.3, 0.4) is 0 Å². The lowest BCUT2D eigenvalue weighted by atomic mass is 10.0. The highest BCUT2D eigenvalue weighted by molar-refractivity contribution is 8.15. The molecule has 0 aromatic carbocycles. The van der Waals surface area contributed by atoms with E-state index in [1.165, 1.54) is 11.8 Å². The Bertz CT molecular complexity index is 553. The molecule has 0 radical (unpaired) electrons. The fourth-order valence-corrected chi connectivity index (χ4v) is 6.78. The van der Waals surface area contributed by atoms with Gasteiger partial charge in [-0.2, -0.15) is 4.99 Å². The van der Waals surface area contributed by atoms with Crippen LogP contribution in [0.15, 0.2) is 17.6 Å². The van der Waals surface area contributed by atoms with Gasteiger partial charge in [-0.25, -0.2) is 8.42 Å². The molecule has 0 aromatic heterocycles. The van der Waals surface area contributed by atoms with Crippen LogP contribution in [0, 0.1) is 5.92 Å². The van der Waals surface area contributed by atoms with Gasteiger partial charge in [-0.1, -0.05) is 31.7 Å². The monoisotopic (exact) mass is 330 g/mol. The van der Waals surface area contributed by atoms with Gasteiger partial charge in [-0.05, 0) is 12.8 Å². The summed E-state index contributed by atoms with van der Waals surface area (Å²) in [6.07, 6.45) is 3.28. The van der Waals surface area contributed by atoms with Crippen molar-refractivity contribution in [2.24, 2.45) is 10.9 Å². The predicted molar refractivity (Wildman–Crippen MR) is 87.2 cm³/mol. The maximum Gasteiger partial charge on any atom is 0.251 e. The second-order valence-electron chi connectivity index (χ2n) is 5.49. The number of amidine groups is 1. The second kappa shape index (κ2) is 6.52. The summed E-state index contributed by atoms with van der Waals surface area (Å²) < 4.78 is 23.5. The van der Waals surface area contributed by atoms with Gasteiger partial charge >= 0.3 is 0 Å². The highest BCUT2D eigenvalue weighted by Gasteiger charge is 2.48. The summed E-state index contributed by atoms with van der Waals surface area (Å²) in [6, 6.07) is -0.0775. The number of fused-ring (bicyclic) bond motifs is 1. The van der Waals surface area contributed by atoms with Gasteiger partial charge in [-0.15, -0.1) is 6.58 Å². The zero-order valence-electron chi connectivity index (χ0n) is 12.5. The van der Waals surface area contributed by atoms with Crippen LogP contribution in [-0.2, 0) is 14.6 Å². The van der Waals surface area contributed by atoms with Crippen LogP contribution in [0.1, 0.15) is 26.7 Å². The smallest absolute Gasteiger partial charge is 0.251 e. The average molecular weight is 330 g/mol. The van der Waals surface area contributed by atoms with Crippen LogP contribution in [-0.4, -0.2) is 53.7 Å². The van der Waals surface area contributed by atoms with Gasteiger partial charge in [-0.3, -0.25) is 4.79 Å². The minimum absolute atomic E-state index is 0.0109. The van der Waals surface area contributed by atoms with E-state index in [0.717, 1.165) is 12.8 Å².